The predicted molar refractivity (Wildman–Crippen MR) is 77.0 cm³/mol. The third-order valence-corrected chi connectivity index (χ3v) is 3.40. The first kappa shape index (κ1) is 15.2. The van der Waals surface area contributed by atoms with E-state index >= 15 is 0 Å². The van der Waals surface area contributed by atoms with Gasteiger partial charge in [0.1, 0.15) is 28.9 Å². The van der Waals surface area contributed by atoms with Gasteiger partial charge in [0.2, 0.25) is 0 Å². The van der Waals surface area contributed by atoms with Crippen molar-refractivity contribution in [2.45, 2.75) is 0 Å². The minimum atomic E-state index is -0.685. The number of ether oxygens (including phenoxy) is 1. The summed E-state index contributed by atoms with van der Waals surface area (Å²) in [5.41, 5.74) is -0.272. The predicted octanol–water partition coefficient (Wildman–Crippen LogP) is 4.81. The first-order chi connectivity index (χ1) is 9.92. The molecule has 0 fully saturated rings. The molecule has 21 heavy (non-hydrogen) atoms. The molecule has 8 heteroatoms. The summed E-state index contributed by atoms with van der Waals surface area (Å²) >= 11 is 8.77. The number of nitriles is 1. The lowest BCUT2D eigenvalue weighted by Crippen LogP contribution is -1.93. The zero-order valence-electron chi connectivity index (χ0n) is 10.1. The molecule has 0 unspecified atom stereocenters. The number of halogens is 3. The normalized spacial score (nSPS) is 10.0. The van der Waals surface area contributed by atoms with Gasteiger partial charge in [0.15, 0.2) is 0 Å². The van der Waals surface area contributed by atoms with Gasteiger partial charge in [-0.1, -0.05) is 11.6 Å². The van der Waals surface area contributed by atoms with Crippen molar-refractivity contribution in [3.63, 3.8) is 0 Å². The van der Waals surface area contributed by atoms with E-state index in [4.69, 9.17) is 21.6 Å². The van der Waals surface area contributed by atoms with E-state index in [9.17, 15) is 14.5 Å². The highest BCUT2D eigenvalue weighted by Crippen LogP contribution is 2.35. The fourth-order valence-electron chi connectivity index (χ4n) is 1.51. The molecule has 2 aromatic rings. The Morgan fingerprint density at radius 3 is 2.67 bits per heavy atom. The van der Waals surface area contributed by atoms with Crippen molar-refractivity contribution in [3.05, 3.63) is 61.3 Å². The highest BCUT2D eigenvalue weighted by atomic mass is 79.9. The average molecular weight is 372 g/mol. The van der Waals surface area contributed by atoms with Crippen LogP contribution in [0.25, 0.3) is 0 Å². The Kier molecular flexibility index (Phi) is 4.40. The van der Waals surface area contributed by atoms with E-state index in [2.05, 4.69) is 15.9 Å². The molecule has 0 bridgehead atoms. The fourth-order valence-corrected chi connectivity index (χ4v) is 2.23. The maximum atomic E-state index is 13.4. The number of hydrogen-bond acceptors (Lipinski definition) is 4. The zero-order valence-corrected chi connectivity index (χ0v) is 12.5. The molecule has 0 aliphatic rings. The van der Waals surface area contributed by atoms with E-state index in [1.807, 2.05) is 0 Å². The van der Waals surface area contributed by atoms with Crippen molar-refractivity contribution < 1.29 is 14.1 Å². The van der Waals surface area contributed by atoms with Crippen LogP contribution in [0.4, 0.5) is 10.1 Å². The molecular weight excluding hydrogens is 367 g/mol. The second-order valence-corrected chi connectivity index (χ2v) is 5.11. The largest absolute Gasteiger partial charge is 0.455 e. The lowest BCUT2D eigenvalue weighted by Gasteiger charge is -2.09. The number of rotatable bonds is 3. The van der Waals surface area contributed by atoms with Crippen LogP contribution in [0.3, 0.4) is 0 Å². The average Bonchev–Trinajstić information content (AvgIpc) is 2.44. The van der Waals surface area contributed by atoms with E-state index < -0.39 is 10.7 Å². The summed E-state index contributed by atoms with van der Waals surface area (Å²) in [6, 6.07) is 7.69. The second kappa shape index (κ2) is 6.08. The SMILES string of the molecule is N#Cc1cc([N+](=O)[O-])ccc1Oc1cc(F)c(Cl)cc1Br. The van der Waals surface area contributed by atoms with Crippen LogP contribution in [-0.2, 0) is 0 Å². The van der Waals surface area contributed by atoms with Crippen LogP contribution < -0.4 is 4.74 Å². The monoisotopic (exact) mass is 370 g/mol. The lowest BCUT2D eigenvalue weighted by atomic mass is 10.2. The summed E-state index contributed by atoms with van der Waals surface area (Å²) in [5.74, 6) is -0.511. The summed E-state index contributed by atoms with van der Waals surface area (Å²) < 4.78 is 19.2. The van der Waals surface area contributed by atoms with Gasteiger partial charge in [-0.15, -0.1) is 0 Å². The van der Waals surface area contributed by atoms with Gasteiger partial charge >= 0.3 is 0 Å². The number of nitrogens with zero attached hydrogens (tertiary/aromatic N) is 2. The molecule has 0 aliphatic heterocycles. The standard InChI is InChI=1S/C13H5BrClFN2O3/c14-9-4-10(15)11(16)5-13(9)21-12-2-1-8(18(19)20)3-7(12)6-17/h1-5H. The van der Waals surface area contributed by atoms with Gasteiger partial charge in [0.25, 0.3) is 5.69 Å². The molecule has 2 aromatic carbocycles. The Morgan fingerprint density at radius 2 is 2.05 bits per heavy atom. The third-order valence-electron chi connectivity index (χ3n) is 2.49. The van der Waals surface area contributed by atoms with Gasteiger partial charge in [-0.3, -0.25) is 10.1 Å². The molecule has 0 radical (unpaired) electrons. The third kappa shape index (κ3) is 3.29. The molecule has 0 heterocycles. The van der Waals surface area contributed by atoms with Crippen LogP contribution in [-0.4, -0.2) is 4.92 Å². The maximum absolute atomic E-state index is 13.4. The van der Waals surface area contributed by atoms with Gasteiger partial charge in [-0.05, 0) is 28.1 Å². The molecule has 0 aromatic heterocycles. The van der Waals surface area contributed by atoms with Crippen LogP contribution in [0.2, 0.25) is 5.02 Å². The maximum Gasteiger partial charge on any atom is 0.271 e. The molecule has 0 amide bonds. The molecule has 0 atom stereocenters. The highest BCUT2D eigenvalue weighted by molar-refractivity contribution is 9.10. The van der Waals surface area contributed by atoms with Gasteiger partial charge in [0, 0.05) is 18.2 Å². The molecule has 0 aliphatic carbocycles. The second-order valence-electron chi connectivity index (χ2n) is 3.85. The molecule has 5 nitrogen and oxygen atoms in total. The van der Waals surface area contributed by atoms with E-state index in [0.29, 0.717) is 4.47 Å². The summed E-state index contributed by atoms with van der Waals surface area (Å²) in [5, 5.41) is 19.6. The Bertz CT molecular complexity index is 777. The van der Waals surface area contributed by atoms with Crippen molar-refractivity contribution in [2.24, 2.45) is 0 Å². The Labute approximate surface area is 131 Å². The quantitative estimate of drug-likeness (QED) is 0.440. The van der Waals surface area contributed by atoms with Crippen LogP contribution in [0, 0.1) is 27.3 Å². The fraction of sp³-hybridized carbons (Fsp3) is 0. The number of non-ortho nitro benzene ring substituents is 1. The molecular formula is C13H5BrClFN2O3. The van der Waals surface area contributed by atoms with Gasteiger partial charge in [0.05, 0.1) is 14.4 Å². The molecule has 0 saturated heterocycles. The van der Waals surface area contributed by atoms with Crippen molar-refractivity contribution >= 4 is 33.2 Å². The van der Waals surface area contributed by atoms with Crippen LogP contribution in [0.1, 0.15) is 5.56 Å². The summed E-state index contributed by atoms with van der Waals surface area (Å²) in [6.07, 6.45) is 0. The number of hydrogen-bond donors (Lipinski definition) is 0. The number of nitro groups is 1. The van der Waals surface area contributed by atoms with Crippen molar-refractivity contribution in [1.82, 2.24) is 0 Å². The molecule has 2 rings (SSSR count). The minimum absolute atomic E-state index is 0.0357. The molecule has 0 N–H and O–H groups in total. The van der Waals surface area contributed by atoms with Crippen molar-refractivity contribution in [1.29, 1.82) is 5.26 Å². The Morgan fingerprint density at radius 1 is 1.33 bits per heavy atom. The van der Waals surface area contributed by atoms with Crippen molar-refractivity contribution in [2.75, 3.05) is 0 Å². The first-order valence-corrected chi connectivity index (χ1v) is 6.60. The van der Waals surface area contributed by atoms with Gasteiger partial charge in [-0.25, -0.2) is 4.39 Å². The van der Waals surface area contributed by atoms with E-state index in [1.54, 1.807) is 6.07 Å². The lowest BCUT2D eigenvalue weighted by molar-refractivity contribution is -0.384. The molecule has 0 saturated carbocycles. The summed E-state index contributed by atoms with van der Waals surface area (Å²) in [7, 11) is 0. The first-order valence-electron chi connectivity index (χ1n) is 5.43. The summed E-state index contributed by atoms with van der Waals surface area (Å²) in [6.45, 7) is 0. The Balaban J connectivity index is 2.43. The van der Waals surface area contributed by atoms with Crippen LogP contribution in [0.5, 0.6) is 11.5 Å². The minimum Gasteiger partial charge on any atom is -0.455 e. The molecule has 106 valence electrons. The number of nitro benzene ring substituents is 1. The van der Waals surface area contributed by atoms with Gasteiger partial charge < -0.3 is 4.74 Å². The number of benzene rings is 2. The van der Waals surface area contributed by atoms with E-state index in [1.165, 1.54) is 18.2 Å². The van der Waals surface area contributed by atoms with Crippen LogP contribution >= 0.6 is 27.5 Å². The van der Waals surface area contributed by atoms with Gasteiger partial charge in [-0.2, -0.15) is 5.26 Å². The van der Waals surface area contributed by atoms with E-state index in [-0.39, 0.29) is 27.8 Å². The topological polar surface area (TPSA) is 76.2 Å². The van der Waals surface area contributed by atoms with Crippen LogP contribution in [0.15, 0.2) is 34.8 Å². The van der Waals surface area contributed by atoms with E-state index in [0.717, 1.165) is 12.1 Å². The van der Waals surface area contributed by atoms with Crippen molar-refractivity contribution in [3.8, 4) is 17.6 Å². The summed E-state index contributed by atoms with van der Waals surface area (Å²) in [4.78, 5) is 10.0. The highest BCUT2D eigenvalue weighted by Gasteiger charge is 2.14. The Hall–Kier alpha value is -2.17. The smallest absolute Gasteiger partial charge is 0.271 e. The zero-order chi connectivity index (χ0) is 15.6. The molecule has 0 spiro atoms.